The summed E-state index contributed by atoms with van der Waals surface area (Å²) >= 11 is 0. The van der Waals surface area contributed by atoms with Gasteiger partial charge in [-0.3, -0.25) is 67.1 Å². The second-order valence-electron chi connectivity index (χ2n) is 29.4. The van der Waals surface area contributed by atoms with Crippen molar-refractivity contribution < 1.29 is 157 Å². The van der Waals surface area contributed by atoms with Gasteiger partial charge in [0.1, 0.15) is 23.9 Å². The van der Waals surface area contributed by atoms with Crippen LogP contribution in [0, 0.1) is 76.4 Å². The molecule has 16 atom stereocenters. The summed E-state index contributed by atoms with van der Waals surface area (Å²) in [5.41, 5.74) is -1.58. The lowest BCUT2D eigenvalue weighted by molar-refractivity contribution is -0.280. The monoisotopic (exact) mass is 1870 g/mol. The van der Waals surface area contributed by atoms with Crippen molar-refractivity contribution in [3.8, 4) is 0 Å². The average molecular weight is 1870 g/mol. The molecule has 3 aliphatic rings. The summed E-state index contributed by atoms with van der Waals surface area (Å²) in [5, 5.41) is 0. The summed E-state index contributed by atoms with van der Waals surface area (Å²) in [6.45, 7) is 44.5. The van der Waals surface area contributed by atoms with Gasteiger partial charge in [-0.1, -0.05) is 207 Å². The number of esters is 14. The highest BCUT2D eigenvalue weighted by Crippen LogP contribution is 2.33. The van der Waals surface area contributed by atoms with E-state index >= 15 is 0 Å². The summed E-state index contributed by atoms with van der Waals surface area (Å²) in [6.07, 6.45) is 8.08. The van der Waals surface area contributed by atoms with Crippen LogP contribution in [0.1, 0.15) is 321 Å². The molecule has 0 amide bonds. The van der Waals surface area contributed by atoms with Gasteiger partial charge in [-0.05, 0) is 113 Å². The van der Waals surface area contributed by atoms with E-state index in [0.29, 0.717) is 26.2 Å². The number of rotatable bonds is 35. The molecule has 1 aliphatic carbocycles. The fourth-order valence-electron chi connectivity index (χ4n) is 9.04. The Morgan fingerprint density at radius 3 is 1.09 bits per heavy atom. The topological polar surface area (TPSA) is 414 Å². The van der Waals surface area contributed by atoms with E-state index in [1.807, 2.05) is 27.7 Å². The predicted octanol–water partition coefficient (Wildman–Crippen LogP) is 19.6. The molecule has 2 heterocycles. The van der Waals surface area contributed by atoms with Crippen LogP contribution in [0.3, 0.4) is 0 Å². The van der Waals surface area contributed by atoms with Crippen LogP contribution in [0.4, 0.5) is 0 Å². The normalized spacial score (nSPS) is 16.6. The van der Waals surface area contributed by atoms with Gasteiger partial charge in [0.15, 0.2) is 13.1 Å². The zero-order valence-electron chi connectivity index (χ0n) is 73.7. The molecule has 0 aromatic heterocycles. The first-order valence-corrected chi connectivity index (χ1v) is 38.6. The maximum absolute atomic E-state index is 12.0. The van der Waals surface area contributed by atoms with Gasteiger partial charge in [-0.2, -0.15) is 0 Å². The molecule has 774 valence electrons. The summed E-state index contributed by atoms with van der Waals surface area (Å²) in [4.78, 5) is 160. The molecule has 3 fully saturated rings. The molecule has 0 radical (unpaired) electrons. The average Bonchev–Trinajstić information content (AvgIpc) is 0.860. The van der Waals surface area contributed by atoms with E-state index in [0.717, 1.165) is 44.9 Å². The number of ether oxygens (including phenoxy) is 19. The van der Waals surface area contributed by atoms with Crippen LogP contribution in [-0.2, 0) is 157 Å². The molecule has 0 aromatic carbocycles. The Hall–Kier alpha value is -7.88. The zero-order valence-corrected chi connectivity index (χ0v) is 73.7. The van der Waals surface area contributed by atoms with Crippen molar-refractivity contribution in [3.05, 3.63) is 12.7 Å². The first kappa shape index (κ1) is 163. The fourth-order valence-corrected chi connectivity index (χ4v) is 9.04. The standard InChI is InChI=1S/C14H24O4.C12H20O5.C12H22O5.C12H20O4.C11H18O6.C10H18O5.C10H18O4.14CH4/c1-10(12(15)17-4)11(2)13(16)18-14(3)8-6-5-7-9-14;1-8(11(13)15-3)9(2)12(14)17-10-6-4-5-7-16-10;1-6-12(4,5)11(14)17-10(3)16-8-7-15-9(2)13;1-7-12(4,5)16-11(14)9(3)8(2)10(13)15-6;1-6(9(12)15-4)7(2)10(13)17-11-8(14-3)5-16-11;1-5-14-6-15-10(12)8(3)7(2)9(11)13-4;1-6(2)14-10(12)8(4)7(3)9(11)13-5;;;;;;;;;;;;;;/h10-11H,5-9H2,1-4H3;8-10H,4-7H2,1-3H3;10H,6-8H2,1-5H3;7-9H,1H2,2-6H3;6-8,11H,5H2,1-4H3;7-8H,5-6H2,1-4H3;6-8H,1-5H3;14*1H4. The van der Waals surface area contributed by atoms with E-state index in [1.54, 1.807) is 131 Å². The van der Waals surface area contributed by atoms with Crippen molar-refractivity contribution in [2.75, 3.05) is 89.6 Å². The molecule has 33 heteroatoms. The third-order valence-corrected chi connectivity index (χ3v) is 19.2. The minimum absolute atomic E-state index is 0. The number of methoxy groups -OCH3 is 7. The van der Waals surface area contributed by atoms with Gasteiger partial charge < -0.3 is 90.0 Å². The van der Waals surface area contributed by atoms with Gasteiger partial charge in [-0.15, -0.1) is 0 Å². The van der Waals surface area contributed by atoms with E-state index in [9.17, 15) is 67.1 Å². The molecule has 0 aromatic rings. The molecule has 33 nitrogen and oxygen atoms in total. The number of carbonyl (C=O) groups is 14. The molecular formula is C95H196O33. The largest absolute Gasteiger partial charge is 0.469 e. The van der Waals surface area contributed by atoms with Crippen LogP contribution >= 0.6 is 0 Å². The van der Waals surface area contributed by atoms with Gasteiger partial charge in [0, 0.05) is 27.1 Å². The van der Waals surface area contributed by atoms with Crippen molar-refractivity contribution in [3.63, 3.8) is 0 Å². The van der Waals surface area contributed by atoms with Crippen molar-refractivity contribution in [2.24, 2.45) is 76.4 Å². The Labute approximate surface area is 779 Å². The molecule has 1 saturated carbocycles. The highest BCUT2D eigenvalue weighted by molar-refractivity contribution is 5.85. The molecule has 0 bridgehead atoms. The van der Waals surface area contributed by atoms with E-state index in [1.165, 1.54) is 63.1 Å². The minimum Gasteiger partial charge on any atom is -0.469 e. The van der Waals surface area contributed by atoms with E-state index in [-0.39, 0.29) is 172 Å². The smallest absolute Gasteiger partial charge is 0.313 e. The molecule has 0 spiro atoms. The van der Waals surface area contributed by atoms with Gasteiger partial charge in [0.05, 0.1) is 145 Å². The van der Waals surface area contributed by atoms with Crippen LogP contribution in [0.15, 0.2) is 12.7 Å². The first-order chi connectivity index (χ1) is 52.9. The summed E-state index contributed by atoms with van der Waals surface area (Å²) in [5.74, 6) is -11.6. The maximum atomic E-state index is 12.0. The lowest BCUT2D eigenvalue weighted by Gasteiger charge is -2.35. The molecule has 16 unspecified atom stereocenters. The quantitative estimate of drug-likeness (QED) is 0.0187. The Bertz CT molecular complexity index is 2860. The van der Waals surface area contributed by atoms with Crippen molar-refractivity contribution >= 4 is 83.6 Å². The lowest BCUT2D eigenvalue weighted by Crippen LogP contribution is -2.49. The van der Waals surface area contributed by atoms with Crippen LogP contribution in [-0.4, -0.2) is 215 Å². The van der Waals surface area contributed by atoms with Crippen molar-refractivity contribution in [2.45, 2.75) is 363 Å². The molecule has 2 aliphatic heterocycles. The van der Waals surface area contributed by atoms with Gasteiger partial charge >= 0.3 is 83.6 Å². The summed E-state index contributed by atoms with van der Waals surface area (Å²) < 4.78 is 93.5. The number of carbonyl (C=O) groups excluding carboxylic acids is 14. The molecule has 2 saturated heterocycles. The van der Waals surface area contributed by atoms with Gasteiger partial charge in [0.2, 0.25) is 12.6 Å². The Kier molecular flexibility index (Phi) is 111. The van der Waals surface area contributed by atoms with Crippen molar-refractivity contribution in [1.82, 2.24) is 0 Å². The zero-order chi connectivity index (χ0) is 89.1. The summed E-state index contributed by atoms with van der Waals surface area (Å²) in [7, 11) is 9.34. The highest BCUT2D eigenvalue weighted by Gasteiger charge is 2.40. The minimum atomic E-state index is -0.721. The van der Waals surface area contributed by atoms with Crippen LogP contribution in [0.25, 0.3) is 0 Å². The number of hydrogen-bond acceptors (Lipinski definition) is 33. The molecule has 3 rings (SSSR count). The summed E-state index contributed by atoms with van der Waals surface area (Å²) in [6, 6.07) is 0. The van der Waals surface area contributed by atoms with Gasteiger partial charge in [0.25, 0.3) is 0 Å². The van der Waals surface area contributed by atoms with E-state index < -0.39 is 155 Å². The highest BCUT2D eigenvalue weighted by atomic mass is 16.8. The second-order valence-corrected chi connectivity index (χ2v) is 29.4. The lowest BCUT2D eigenvalue weighted by atomic mass is 9.86. The van der Waals surface area contributed by atoms with Crippen molar-refractivity contribution in [1.29, 1.82) is 0 Å². The van der Waals surface area contributed by atoms with Crippen LogP contribution in [0.2, 0.25) is 0 Å². The predicted molar refractivity (Wildman–Crippen MR) is 507 cm³/mol. The maximum Gasteiger partial charge on any atom is 0.313 e. The van der Waals surface area contributed by atoms with Crippen LogP contribution in [0.5, 0.6) is 0 Å². The molecule has 0 N–H and O–H groups in total. The molecule has 128 heavy (non-hydrogen) atoms. The number of hydrogen-bond donors (Lipinski definition) is 0. The first-order valence-electron chi connectivity index (χ1n) is 38.6. The third-order valence-electron chi connectivity index (χ3n) is 19.2. The van der Waals surface area contributed by atoms with E-state index in [2.05, 4.69) is 39.7 Å². The molecular weight excluding hydrogens is 1670 g/mol. The second kappa shape index (κ2) is 87.1. The van der Waals surface area contributed by atoms with Crippen LogP contribution < -0.4 is 0 Å². The third kappa shape index (κ3) is 67.3. The fraction of sp³-hybridized carbons (Fsp3) is 0.832. The Morgan fingerprint density at radius 2 is 0.773 bits per heavy atom. The van der Waals surface area contributed by atoms with E-state index in [4.69, 9.17) is 56.8 Å². The Balaban J connectivity index is -0.0000000678. The van der Waals surface area contributed by atoms with Gasteiger partial charge in [-0.25, -0.2) is 0 Å². The Morgan fingerprint density at radius 1 is 0.422 bits per heavy atom. The SMILES string of the molecule is C.C.C.C.C.C.C.C.C.C.C.C.C.C.C=CC(C)(C)OC(=O)C(C)C(C)C(=O)OC.CCC(C)(C)C(=O)OC(C)OCCOC(C)=O.CCOCOC(=O)C(C)C(C)C(=O)OC.COC(=O)C(C)C(C)C(=O)OC(C)C.COC(=O)C(C)C(C)C(=O)OC1(C)CCCCC1.COC(=O)C(C)C(C)C(=O)OC1CCCCO1.COC(=O)C(C)C(C)C(=O)OC1OCC1OC.